The number of anilines is 1. The number of aryl methyl sites for hydroxylation is 1. The summed E-state index contributed by atoms with van der Waals surface area (Å²) in [5, 5.41) is 9.53. The lowest BCUT2D eigenvalue weighted by Crippen LogP contribution is -2.13. The standard InChI is InChI=1S/C21H16Cl2N4O/c1-13-10-14(8-9-24-13)21(28)25-20-17-4-2-3-5-19(17)27(26-20)12-15-6-7-16(22)11-18(15)23/h2-11H,12H2,1H3,(H,25,26,28). The molecule has 140 valence electrons. The molecule has 0 spiro atoms. The van der Waals surface area contributed by atoms with Crippen LogP contribution in [0.3, 0.4) is 0 Å². The lowest BCUT2D eigenvalue weighted by molar-refractivity contribution is 0.102. The minimum absolute atomic E-state index is 0.231. The Bertz CT molecular complexity index is 1190. The fourth-order valence-electron chi connectivity index (χ4n) is 3.02. The van der Waals surface area contributed by atoms with E-state index in [1.54, 1.807) is 30.5 Å². The van der Waals surface area contributed by atoms with Crippen LogP contribution >= 0.6 is 23.2 Å². The number of amides is 1. The summed E-state index contributed by atoms with van der Waals surface area (Å²) in [4.78, 5) is 16.8. The second-order valence-electron chi connectivity index (χ2n) is 6.40. The van der Waals surface area contributed by atoms with Crippen molar-refractivity contribution >= 4 is 45.8 Å². The van der Waals surface area contributed by atoms with E-state index in [2.05, 4.69) is 15.4 Å². The van der Waals surface area contributed by atoms with Crippen LogP contribution in [0.4, 0.5) is 5.82 Å². The SMILES string of the molecule is Cc1cc(C(=O)Nc2nn(Cc3ccc(Cl)cc3Cl)c3ccccc23)ccn1. The normalized spacial score (nSPS) is 11.0. The van der Waals surface area contributed by atoms with E-state index in [1.807, 2.05) is 41.9 Å². The van der Waals surface area contributed by atoms with Crippen LogP contribution in [0.2, 0.25) is 10.0 Å². The number of fused-ring (bicyclic) bond motifs is 1. The lowest BCUT2D eigenvalue weighted by Gasteiger charge is -2.06. The van der Waals surface area contributed by atoms with Gasteiger partial charge in [-0.25, -0.2) is 0 Å². The minimum atomic E-state index is -0.231. The topological polar surface area (TPSA) is 59.8 Å². The van der Waals surface area contributed by atoms with E-state index in [0.29, 0.717) is 28.0 Å². The van der Waals surface area contributed by atoms with Gasteiger partial charge in [0.15, 0.2) is 5.82 Å². The van der Waals surface area contributed by atoms with Crippen molar-refractivity contribution < 1.29 is 4.79 Å². The van der Waals surface area contributed by atoms with Crippen LogP contribution in [-0.4, -0.2) is 20.7 Å². The Morgan fingerprint density at radius 2 is 1.93 bits per heavy atom. The van der Waals surface area contributed by atoms with Crippen molar-refractivity contribution in [2.75, 3.05) is 5.32 Å². The minimum Gasteiger partial charge on any atom is -0.305 e. The van der Waals surface area contributed by atoms with Crippen molar-refractivity contribution in [1.82, 2.24) is 14.8 Å². The molecule has 2 heterocycles. The van der Waals surface area contributed by atoms with E-state index < -0.39 is 0 Å². The summed E-state index contributed by atoms with van der Waals surface area (Å²) in [6, 6.07) is 16.5. The summed E-state index contributed by atoms with van der Waals surface area (Å²) >= 11 is 12.3. The van der Waals surface area contributed by atoms with Crippen LogP contribution in [0.1, 0.15) is 21.6 Å². The number of carbonyl (C=O) groups is 1. The second-order valence-corrected chi connectivity index (χ2v) is 7.24. The van der Waals surface area contributed by atoms with E-state index in [1.165, 1.54) is 0 Å². The Morgan fingerprint density at radius 3 is 2.71 bits per heavy atom. The first kappa shape index (κ1) is 18.5. The molecule has 0 unspecified atom stereocenters. The summed E-state index contributed by atoms with van der Waals surface area (Å²) in [7, 11) is 0. The molecule has 0 radical (unpaired) electrons. The van der Waals surface area contributed by atoms with Crippen molar-refractivity contribution in [3.63, 3.8) is 0 Å². The zero-order valence-electron chi connectivity index (χ0n) is 15.0. The van der Waals surface area contributed by atoms with Crippen LogP contribution in [-0.2, 0) is 6.54 Å². The van der Waals surface area contributed by atoms with Crippen molar-refractivity contribution in [2.45, 2.75) is 13.5 Å². The highest BCUT2D eigenvalue weighted by Crippen LogP contribution is 2.27. The van der Waals surface area contributed by atoms with E-state index in [9.17, 15) is 4.79 Å². The van der Waals surface area contributed by atoms with Crippen LogP contribution in [0, 0.1) is 6.92 Å². The lowest BCUT2D eigenvalue weighted by atomic mass is 10.2. The molecule has 0 saturated heterocycles. The predicted octanol–water partition coefficient (Wildman–Crippen LogP) is 5.35. The Hall–Kier alpha value is -2.89. The molecule has 2 aromatic heterocycles. The van der Waals surface area contributed by atoms with Crippen LogP contribution in [0.5, 0.6) is 0 Å². The monoisotopic (exact) mass is 410 g/mol. The number of aromatic nitrogens is 3. The molecule has 0 saturated carbocycles. The Morgan fingerprint density at radius 1 is 1.11 bits per heavy atom. The van der Waals surface area contributed by atoms with Gasteiger partial charge in [0.05, 0.1) is 12.1 Å². The number of halogens is 2. The summed E-state index contributed by atoms with van der Waals surface area (Å²) in [6.07, 6.45) is 1.61. The molecule has 0 aliphatic heterocycles. The van der Waals surface area contributed by atoms with Gasteiger partial charge in [-0.3, -0.25) is 14.5 Å². The highest BCUT2D eigenvalue weighted by Gasteiger charge is 2.15. The van der Waals surface area contributed by atoms with Gasteiger partial charge in [-0.2, -0.15) is 5.10 Å². The Balaban J connectivity index is 1.69. The maximum absolute atomic E-state index is 12.6. The van der Waals surface area contributed by atoms with Crippen LogP contribution in [0.25, 0.3) is 10.9 Å². The predicted molar refractivity (Wildman–Crippen MR) is 112 cm³/mol. The molecule has 4 rings (SSSR count). The molecule has 5 nitrogen and oxygen atoms in total. The number of benzene rings is 2. The molecule has 0 aliphatic carbocycles. The fraction of sp³-hybridized carbons (Fsp3) is 0.0952. The van der Waals surface area contributed by atoms with Gasteiger partial charge in [-0.05, 0) is 48.9 Å². The summed E-state index contributed by atoms with van der Waals surface area (Å²) < 4.78 is 1.82. The maximum Gasteiger partial charge on any atom is 0.257 e. The molecule has 0 fully saturated rings. The fourth-order valence-corrected chi connectivity index (χ4v) is 3.49. The first-order valence-electron chi connectivity index (χ1n) is 8.65. The molecule has 1 amide bonds. The van der Waals surface area contributed by atoms with Crippen molar-refractivity contribution in [3.05, 3.63) is 87.7 Å². The third-order valence-corrected chi connectivity index (χ3v) is 4.97. The average Bonchev–Trinajstić information content (AvgIpc) is 3.01. The molecule has 2 aromatic carbocycles. The number of pyridine rings is 1. The molecular formula is C21H16Cl2N4O. The largest absolute Gasteiger partial charge is 0.305 e. The summed E-state index contributed by atoms with van der Waals surface area (Å²) in [5.41, 5.74) is 3.10. The molecular weight excluding hydrogens is 395 g/mol. The number of nitrogens with zero attached hydrogens (tertiary/aromatic N) is 3. The van der Waals surface area contributed by atoms with Crippen LogP contribution in [0.15, 0.2) is 60.8 Å². The molecule has 7 heteroatoms. The highest BCUT2D eigenvalue weighted by atomic mass is 35.5. The number of carbonyl (C=O) groups excluding carboxylic acids is 1. The number of hydrogen-bond donors (Lipinski definition) is 1. The van der Waals surface area contributed by atoms with E-state index in [-0.39, 0.29) is 5.91 Å². The van der Waals surface area contributed by atoms with Crippen LogP contribution < -0.4 is 5.32 Å². The third kappa shape index (κ3) is 3.72. The molecule has 4 aromatic rings. The first-order chi connectivity index (χ1) is 13.5. The van der Waals surface area contributed by atoms with Gasteiger partial charge in [-0.15, -0.1) is 0 Å². The first-order valence-corrected chi connectivity index (χ1v) is 9.40. The van der Waals surface area contributed by atoms with E-state index in [4.69, 9.17) is 23.2 Å². The van der Waals surface area contributed by atoms with E-state index >= 15 is 0 Å². The van der Waals surface area contributed by atoms with Gasteiger partial charge < -0.3 is 5.32 Å². The smallest absolute Gasteiger partial charge is 0.257 e. The number of nitrogens with one attached hydrogen (secondary N) is 1. The highest BCUT2D eigenvalue weighted by molar-refractivity contribution is 6.35. The molecule has 0 bridgehead atoms. The van der Waals surface area contributed by atoms with Gasteiger partial charge in [0, 0.05) is 32.9 Å². The van der Waals surface area contributed by atoms with Gasteiger partial charge in [0.2, 0.25) is 0 Å². The van der Waals surface area contributed by atoms with E-state index in [0.717, 1.165) is 22.2 Å². The second kappa shape index (κ2) is 7.62. The number of hydrogen-bond acceptors (Lipinski definition) is 3. The van der Waals surface area contributed by atoms with Crippen molar-refractivity contribution in [1.29, 1.82) is 0 Å². The van der Waals surface area contributed by atoms with Gasteiger partial charge >= 0.3 is 0 Å². The van der Waals surface area contributed by atoms with Crippen molar-refractivity contribution in [2.24, 2.45) is 0 Å². The average molecular weight is 411 g/mol. The van der Waals surface area contributed by atoms with Gasteiger partial charge in [0.1, 0.15) is 0 Å². The number of para-hydroxylation sites is 1. The molecule has 0 aliphatic rings. The zero-order chi connectivity index (χ0) is 19.7. The molecule has 28 heavy (non-hydrogen) atoms. The van der Waals surface area contributed by atoms with Gasteiger partial charge in [0.25, 0.3) is 5.91 Å². The van der Waals surface area contributed by atoms with Gasteiger partial charge in [-0.1, -0.05) is 41.4 Å². The third-order valence-electron chi connectivity index (χ3n) is 4.38. The summed E-state index contributed by atoms with van der Waals surface area (Å²) in [6.45, 7) is 2.30. The molecule has 1 N–H and O–H groups in total. The number of rotatable bonds is 4. The summed E-state index contributed by atoms with van der Waals surface area (Å²) in [5.74, 6) is 0.269. The quantitative estimate of drug-likeness (QED) is 0.493. The maximum atomic E-state index is 12.6. The zero-order valence-corrected chi connectivity index (χ0v) is 16.5. The Kier molecular flexibility index (Phi) is 5.03. The Labute approximate surface area is 171 Å². The molecule has 0 atom stereocenters. The van der Waals surface area contributed by atoms with Crippen molar-refractivity contribution in [3.8, 4) is 0 Å².